The first-order valence-electron chi connectivity index (χ1n) is 20.7. The fourth-order valence-corrected chi connectivity index (χ4v) is 7.59. The second kappa shape index (κ2) is 23.1. The van der Waals surface area contributed by atoms with Gasteiger partial charge in [-0.15, -0.1) is 0 Å². The Morgan fingerprint density at radius 3 is 1.26 bits per heavy atom. The molecular formula is C48H61FN4O8. The van der Waals surface area contributed by atoms with Gasteiger partial charge in [-0.2, -0.15) is 0 Å². The molecule has 2 fully saturated rings. The topological polar surface area (TPSA) is 149 Å². The molecule has 4 aromatic carbocycles. The Morgan fingerprint density at radius 2 is 0.951 bits per heavy atom. The summed E-state index contributed by atoms with van der Waals surface area (Å²) < 4.78 is 23.6. The number of Topliss-reactive ketones (excluding diaryl/α,β-unsaturated/α-hetero) is 2. The van der Waals surface area contributed by atoms with Gasteiger partial charge >= 0.3 is 11.9 Å². The summed E-state index contributed by atoms with van der Waals surface area (Å²) in [6, 6.07) is 26.7. The molecule has 2 atom stereocenters. The van der Waals surface area contributed by atoms with E-state index in [0.29, 0.717) is 36.8 Å². The minimum atomic E-state index is -0.983. The molecule has 0 aromatic heterocycles. The zero-order valence-corrected chi connectivity index (χ0v) is 36.3. The van der Waals surface area contributed by atoms with Crippen LogP contribution in [0.25, 0.3) is 0 Å². The maximum absolute atomic E-state index is 13.6. The highest BCUT2D eigenvalue weighted by Crippen LogP contribution is 2.30. The summed E-state index contributed by atoms with van der Waals surface area (Å²) in [6.07, 6.45) is 2.16. The second-order valence-electron chi connectivity index (χ2n) is 15.6. The van der Waals surface area contributed by atoms with Gasteiger partial charge in [-0.25, -0.2) is 14.0 Å². The molecule has 0 spiro atoms. The number of hydrogen-bond donors (Lipinski definition) is 3. The number of rotatable bonds is 15. The molecule has 12 nitrogen and oxygen atoms in total. The van der Waals surface area contributed by atoms with E-state index in [2.05, 4.69) is 10.2 Å². The van der Waals surface area contributed by atoms with Crippen molar-refractivity contribution in [2.45, 2.75) is 50.6 Å². The van der Waals surface area contributed by atoms with E-state index >= 15 is 0 Å². The number of nitrogens with one attached hydrogen (secondary N) is 1. The predicted octanol–water partition coefficient (Wildman–Crippen LogP) is 6.62. The lowest BCUT2D eigenvalue weighted by molar-refractivity contribution is 0.0660. The van der Waals surface area contributed by atoms with Crippen LogP contribution < -0.4 is 10.2 Å². The van der Waals surface area contributed by atoms with Crippen molar-refractivity contribution in [2.24, 2.45) is 0 Å². The van der Waals surface area contributed by atoms with E-state index in [-0.39, 0.29) is 28.5 Å². The molecule has 0 saturated carbocycles. The zero-order chi connectivity index (χ0) is 44.6. The van der Waals surface area contributed by atoms with Crippen LogP contribution in [0.4, 0.5) is 10.1 Å². The molecule has 13 heteroatoms. The van der Waals surface area contributed by atoms with Crippen molar-refractivity contribution in [3.63, 3.8) is 0 Å². The number of carbonyl (C=O) groups is 4. The van der Waals surface area contributed by atoms with Gasteiger partial charge in [0.05, 0.1) is 48.6 Å². The van der Waals surface area contributed by atoms with E-state index in [1.807, 2.05) is 76.1 Å². The van der Waals surface area contributed by atoms with Crippen LogP contribution in [0, 0.1) is 5.82 Å². The lowest BCUT2D eigenvalue weighted by atomic mass is 9.80. The minimum absolute atomic E-state index is 0.0749. The number of hydrogen-bond acceptors (Lipinski definition) is 10. The molecule has 2 saturated heterocycles. The predicted molar refractivity (Wildman–Crippen MR) is 236 cm³/mol. The minimum Gasteiger partial charge on any atom is -0.478 e. The number of aromatic carboxylic acids is 2. The molecule has 61 heavy (non-hydrogen) atoms. The Morgan fingerprint density at radius 1 is 0.590 bits per heavy atom. The Balaban J connectivity index is 0.000000239. The van der Waals surface area contributed by atoms with Crippen molar-refractivity contribution in [1.82, 2.24) is 15.1 Å². The van der Waals surface area contributed by atoms with Gasteiger partial charge in [0.2, 0.25) is 0 Å². The van der Waals surface area contributed by atoms with Crippen LogP contribution in [0.15, 0.2) is 97.1 Å². The summed E-state index contributed by atoms with van der Waals surface area (Å²) in [5.74, 6) is -2.32. The van der Waals surface area contributed by atoms with Gasteiger partial charge in [0.1, 0.15) is 5.82 Å². The monoisotopic (exact) mass is 840 g/mol. The molecule has 328 valence electrons. The van der Waals surface area contributed by atoms with Crippen molar-refractivity contribution >= 4 is 29.2 Å². The van der Waals surface area contributed by atoms with Crippen molar-refractivity contribution in [3.05, 3.63) is 136 Å². The molecule has 3 N–H and O–H groups in total. The summed E-state index contributed by atoms with van der Waals surface area (Å²) in [6.45, 7) is 11.0. The van der Waals surface area contributed by atoms with Gasteiger partial charge in [0, 0.05) is 43.0 Å². The molecule has 2 aliphatic heterocycles. The van der Waals surface area contributed by atoms with Crippen LogP contribution in [-0.2, 0) is 22.3 Å². The fourth-order valence-electron chi connectivity index (χ4n) is 7.59. The Bertz CT molecular complexity index is 2000. The number of morpholine rings is 2. The fraction of sp³-hybridized carbons (Fsp3) is 0.417. The molecule has 4 aromatic rings. The number of likely N-dealkylation sites (N-methyl/N-ethyl adjacent to an activating group) is 2. The summed E-state index contributed by atoms with van der Waals surface area (Å²) in [5.41, 5.74) is 3.02. The summed E-state index contributed by atoms with van der Waals surface area (Å²) in [4.78, 5) is 55.0. The normalized spacial score (nSPS) is 15.9. The standard InChI is InChI=1S/C24H30N2O4.C20H22FNO3.C4H9NO/c1-4-24(25(2)3,17-18-5-7-20(8-6-18)23(28)29)22(27)19-9-11-21(12-10-19)26-13-15-30-16-14-26;1-4-20(22(2)3,18(23)15-9-11-17(21)12-10-15)13-14-5-7-16(8-6-14)19(24)25;1-3-6-4-2-5-1/h5-12H,4,13-17H2,1-3H3,(H,28,29);5-12H,4,13H2,1-3H3,(H,24,25);5H,1-4H2. The summed E-state index contributed by atoms with van der Waals surface area (Å²) in [7, 11) is 7.54. The summed E-state index contributed by atoms with van der Waals surface area (Å²) >= 11 is 0. The van der Waals surface area contributed by atoms with E-state index < -0.39 is 23.0 Å². The van der Waals surface area contributed by atoms with E-state index in [1.54, 1.807) is 36.4 Å². The highest BCUT2D eigenvalue weighted by Gasteiger charge is 2.40. The van der Waals surface area contributed by atoms with E-state index in [4.69, 9.17) is 19.7 Å². The van der Waals surface area contributed by atoms with Crippen LogP contribution in [0.3, 0.4) is 0 Å². The van der Waals surface area contributed by atoms with Crippen molar-refractivity contribution in [1.29, 1.82) is 0 Å². The van der Waals surface area contributed by atoms with E-state index in [0.717, 1.165) is 69.4 Å². The zero-order valence-electron chi connectivity index (χ0n) is 36.3. The van der Waals surface area contributed by atoms with Gasteiger partial charge in [0.25, 0.3) is 0 Å². The van der Waals surface area contributed by atoms with E-state index in [1.165, 1.54) is 36.4 Å². The van der Waals surface area contributed by atoms with Crippen LogP contribution >= 0.6 is 0 Å². The number of carboxylic acid groups (broad SMARTS) is 2. The number of nitrogens with zero attached hydrogens (tertiary/aromatic N) is 3. The number of ketones is 2. The van der Waals surface area contributed by atoms with Crippen molar-refractivity contribution in [3.8, 4) is 0 Å². The largest absolute Gasteiger partial charge is 0.478 e. The van der Waals surface area contributed by atoms with Crippen molar-refractivity contribution in [2.75, 3.05) is 85.7 Å². The summed E-state index contributed by atoms with van der Waals surface area (Å²) in [5, 5.41) is 21.3. The van der Waals surface area contributed by atoms with Gasteiger partial charge in [-0.3, -0.25) is 19.4 Å². The quantitative estimate of drug-likeness (QED) is 0.111. The average Bonchev–Trinajstić information content (AvgIpc) is 3.28. The number of halogens is 1. The third-order valence-electron chi connectivity index (χ3n) is 11.6. The maximum atomic E-state index is 13.6. The van der Waals surface area contributed by atoms with Crippen LogP contribution in [0.1, 0.15) is 79.2 Å². The van der Waals surface area contributed by atoms with Gasteiger partial charge < -0.3 is 29.9 Å². The number of carboxylic acids is 2. The van der Waals surface area contributed by atoms with Crippen molar-refractivity contribution < 1.29 is 43.3 Å². The lowest BCUT2D eigenvalue weighted by Crippen LogP contribution is -2.52. The molecule has 2 aliphatic rings. The lowest BCUT2D eigenvalue weighted by Gasteiger charge is -2.38. The Kier molecular flexibility index (Phi) is 18.3. The van der Waals surface area contributed by atoms with E-state index in [9.17, 15) is 23.6 Å². The SMILES string of the molecule is C1COCCN1.CCC(Cc1ccc(C(=O)O)cc1)(C(=O)c1ccc(F)cc1)N(C)C.CCC(Cc1ccc(C(=O)O)cc1)(C(=O)c1ccc(N2CCOCC2)cc1)N(C)C. The molecule has 6 rings (SSSR count). The van der Waals surface area contributed by atoms with Crippen LogP contribution in [0.2, 0.25) is 0 Å². The third-order valence-corrected chi connectivity index (χ3v) is 11.6. The smallest absolute Gasteiger partial charge is 0.335 e. The molecule has 2 unspecified atom stereocenters. The molecule has 0 aliphatic carbocycles. The number of ether oxygens (including phenoxy) is 2. The first-order valence-corrected chi connectivity index (χ1v) is 20.7. The van der Waals surface area contributed by atoms with Crippen LogP contribution in [-0.4, -0.2) is 135 Å². The molecular weight excluding hydrogens is 780 g/mol. The van der Waals surface area contributed by atoms with Gasteiger partial charge in [-0.1, -0.05) is 38.1 Å². The average molecular weight is 841 g/mol. The number of carbonyl (C=O) groups excluding carboxylic acids is 2. The van der Waals surface area contributed by atoms with Gasteiger partial charge in [-0.05, 0) is 138 Å². The Labute approximate surface area is 359 Å². The second-order valence-corrected chi connectivity index (χ2v) is 15.6. The number of benzene rings is 4. The highest BCUT2D eigenvalue weighted by molar-refractivity contribution is 6.04. The highest BCUT2D eigenvalue weighted by atomic mass is 19.1. The Hall–Kier alpha value is -5.31. The van der Waals surface area contributed by atoms with Crippen LogP contribution in [0.5, 0.6) is 0 Å². The molecule has 0 amide bonds. The molecule has 0 radical (unpaired) electrons. The first-order chi connectivity index (χ1) is 29.2. The molecule has 2 heterocycles. The van der Waals surface area contributed by atoms with Gasteiger partial charge in [0.15, 0.2) is 11.6 Å². The maximum Gasteiger partial charge on any atom is 0.335 e. The first kappa shape index (κ1) is 48.4. The molecule has 0 bridgehead atoms. The number of anilines is 1. The third kappa shape index (κ3) is 12.9.